The van der Waals surface area contributed by atoms with Gasteiger partial charge < -0.3 is 5.32 Å². The van der Waals surface area contributed by atoms with Crippen molar-refractivity contribution in [2.24, 2.45) is 0 Å². The standard InChI is InChI=1S/C13H22N2/c1-4-5-6-11(2)15-12(3)13-7-9-14-10-8-13/h7-12,15H,4-6H2,1-3H3/t11?,12-/m1/s1. The summed E-state index contributed by atoms with van der Waals surface area (Å²) in [7, 11) is 0. The van der Waals surface area contributed by atoms with Gasteiger partial charge in [0.05, 0.1) is 0 Å². The van der Waals surface area contributed by atoms with Gasteiger partial charge in [-0.2, -0.15) is 0 Å². The smallest absolute Gasteiger partial charge is 0.0295 e. The van der Waals surface area contributed by atoms with Crippen molar-refractivity contribution in [1.82, 2.24) is 10.3 Å². The summed E-state index contributed by atoms with van der Waals surface area (Å²) in [6, 6.07) is 5.15. The second-order valence-corrected chi connectivity index (χ2v) is 4.21. The lowest BCUT2D eigenvalue weighted by atomic mass is 10.1. The molecule has 0 aliphatic rings. The molecule has 0 fully saturated rings. The summed E-state index contributed by atoms with van der Waals surface area (Å²) in [5.74, 6) is 0. The molecular formula is C13H22N2. The summed E-state index contributed by atoms with van der Waals surface area (Å²) in [5, 5.41) is 3.60. The quantitative estimate of drug-likeness (QED) is 0.772. The van der Waals surface area contributed by atoms with Gasteiger partial charge in [0.25, 0.3) is 0 Å². The van der Waals surface area contributed by atoms with Gasteiger partial charge in [0.2, 0.25) is 0 Å². The molecule has 0 amide bonds. The molecule has 15 heavy (non-hydrogen) atoms. The highest BCUT2D eigenvalue weighted by molar-refractivity contribution is 5.14. The first-order valence-corrected chi connectivity index (χ1v) is 5.90. The van der Waals surface area contributed by atoms with E-state index in [0.29, 0.717) is 12.1 Å². The molecule has 0 spiro atoms. The lowest BCUT2D eigenvalue weighted by Gasteiger charge is -2.20. The maximum atomic E-state index is 4.03. The van der Waals surface area contributed by atoms with Crippen molar-refractivity contribution in [3.05, 3.63) is 30.1 Å². The molecule has 1 unspecified atom stereocenters. The minimum Gasteiger partial charge on any atom is -0.308 e. The molecule has 1 rings (SSSR count). The number of unbranched alkanes of at least 4 members (excludes halogenated alkanes) is 1. The lowest BCUT2D eigenvalue weighted by molar-refractivity contribution is 0.444. The zero-order chi connectivity index (χ0) is 11.1. The molecule has 0 aromatic carbocycles. The van der Waals surface area contributed by atoms with Crippen LogP contribution < -0.4 is 5.32 Å². The Hall–Kier alpha value is -0.890. The molecule has 0 aliphatic carbocycles. The zero-order valence-electron chi connectivity index (χ0n) is 10.0. The first kappa shape index (κ1) is 12.2. The van der Waals surface area contributed by atoms with E-state index in [0.717, 1.165) is 0 Å². The Bertz CT molecular complexity index is 258. The molecule has 2 atom stereocenters. The van der Waals surface area contributed by atoms with Crippen molar-refractivity contribution < 1.29 is 0 Å². The largest absolute Gasteiger partial charge is 0.308 e. The molecule has 1 heterocycles. The van der Waals surface area contributed by atoms with Gasteiger partial charge in [-0.1, -0.05) is 19.8 Å². The van der Waals surface area contributed by atoms with Crippen LogP contribution in [-0.4, -0.2) is 11.0 Å². The Morgan fingerprint density at radius 1 is 1.27 bits per heavy atom. The summed E-state index contributed by atoms with van der Waals surface area (Å²) < 4.78 is 0. The van der Waals surface area contributed by atoms with Crippen LogP contribution in [0, 0.1) is 0 Å². The van der Waals surface area contributed by atoms with Crippen LogP contribution in [0.25, 0.3) is 0 Å². The van der Waals surface area contributed by atoms with Crippen LogP contribution in [0.4, 0.5) is 0 Å². The molecule has 0 saturated heterocycles. The van der Waals surface area contributed by atoms with E-state index >= 15 is 0 Å². The van der Waals surface area contributed by atoms with E-state index in [9.17, 15) is 0 Å². The first-order chi connectivity index (χ1) is 7.24. The summed E-state index contributed by atoms with van der Waals surface area (Å²) in [6.45, 7) is 6.70. The van der Waals surface area contributed by atoms with Crippen LogP contribution in [0.3, 0.4) is 0 Å². The van der Waals surface area contributed by atoms with E-state index in [1.807, 2.05) is 12.4 Å². The van der Waals surface area contributed by atoms with Crippen molar-refractivity contribution in [3.8, 4) is 0 Å². The Balaban J connectivity index is 2.38. The first-order valence-electron chi connectivity index (χ1n) is 5.90. The van der Waals surface area contributed by atoms with Crippen molar-refractivity contribution in [2.45, 2.75) is 52.1 Å². The Labute approximate surface area is 93.1 Å². The zero-order valence-corrected chi connectivity index (χ0v) is 10.0. The number of aromatic nitrogens is 1. The second-order valence-electron chi connectivity index (χ2n) is 4.21. The fraction of sp³-hybridized carbons (Fsp3) is 0.615. The Morgan fingerprint density at radius 3 is 2.53 bits per heavy atom. The van der Waals surface area contributed by atoms with Gasteiger partial charge in [-0.25, -0.2) is 0 Å². The van der Waals surface area contributed by atoms with E-state index in [1.54, 1.807) is 0 Å². The number of rotatable bonds is 6. The van der Waals surface area contributed by atoms with Crippen LogP contribution in [-0.2, 0) is 0 Å². The van der Waals surface area contributed by atoms with E-state index in [4.69, 9.17) is 0 Å². The Morgan fingerprint density at radius 2 is 1.93 bits per heavy atom. The average Bonchev–Trinajstić information content (AvgIpc) is 2.27. The normalized spacial score (nSPS) is 14.9. The number of nitrogens with one attached hydrogen (secondary N) is 1. The maximum Gasteiger partial charge on any atom is 0.0295 e. The third-order valence-corrected chi connectivity index (χ3v) is 2.73. The topological polar surface area (TPSA) is 24.9 Å². The van der Waals surface area contributed by atoms with Crippen molar-refractivity contribution in [1.29, 1.82) is 0 Å². The SMILES string of the molecule is CCCCC(C)N[C@H](C)c1ccncc1. The summed E-state index contributed by atoms with van der Waals surface area (Å²) in [4.78, 5) is 4.03. The van der Waals surface area contributed by atoms with Crippen LogP contribution in [0.1, 0.15) is 51.6 Å². The van der Waals surface area contributed by atoms with Gasteiger partial charge in [-0.3, -0.25) is 4.98 Å². The predicted octanol–water partition coefficient (Wildman–Crippen LogP) is 3.31. The number of nitrogens with zero attached hydrogens (tertiary/aromatic N) is 1. The molecule has 0 radical (unpaired) electrons. The third kappa shape index (κ3) is 4.43. The fourth-order valence-corrected chi connectivity index (χ4v) is 1.77. The summed E-state index contributed by atoms with van der Waals surface area (Å²) >= 11 is 0. The number of hydrogen-bond donors (Lipinski definition) is 1. The number of pyridine rings is 1. The van der Waals surface area contributed by atoms with Crippen molar-refractivity contribution in [3.63, 3.8) is 0 Å². The van der Waals surface area contributed by atoms with E-state index in [-0.39, 0.29) is 0 Å². The van der Waals surface area contributed by atoms with Gasteiger partial charge in [0.1, 0.15) is 0 Å². The maximum absolute atomic E-state index is 4.03. The molecule has 84 valence electrons. The molecule has 0 aliphatic heterocycles. The molecule has 1 aromatic rings. The van der Waals surface area contributed by atoms with Crippen molar-refractivity contribution in [2.75, 3.05) is 0 Å². The highest BCUT2D eigenvalue weighted by atomic mass is 14.9. The number of hydrogen-bond acceptors (Lipinski definition) is 2. The second kappa shape index (κ2) is 6.57. The van der Waals surface area contributed by atoms with Gasteiger partial charge in [0.15, 0.2) is 0 Å². The van der Waals surface area contributed by atoms with Crippen molar-refractivity contribution >= 4 is 0 Å². The van der Waals surface area contributed by atoms with Crippen LogP contribution in [0.5, 0.6) is 0 Å². The predicted molar refractivity (Wildman–Crippen MR) is 64.8 cm³/mol. The molecule has 1 N–H and O–H groups in total. The van der Waals surface area contributed by atoms with Crippen LogP contribution in [0.2, 0.25) is 0 Å². The van der Waals surface area contributed by atoms with Gasteiger partial charge in [-0.05, 0) is 38.0 Å². The Kier molecular flexibility index (Phi) is 5.33. The third-order valence-electron chi connectivity index (χ3n) is 2.73. The molecular weight excluding hydrogens is 184 g/mol. The molecule has 2 nitrogen and oxygen atoms in total. The van der Waals surface area contributed by atoms with Gasteiger partial charge in [-0.15, -0.1) is 0 Å². The summed E-state index contributed by atoms with van der Waals surface area (Å²) in [5.41, 5.74) is 1.31. The highest BCUT2D eigenvalue weighted by Gasteiger charge is 2.08. The molecule has 0 bridgehead atoms. The molecule has 1 aromatic heterocycles. The minimum absolute atomic E-state index is 0.417. The van der Waals surface area contributed by atoms with Gasteiger partial charge in [0, 0.05) is 24.5 Å². The summed E-state index contributed by atoms with van der Waals surface area (Å²) in [6.07, 6.45) is 7.53. The van der Waals surface area contributed by atoms with Crippen LogP contribution >= 0.6 is 0 Å². The monoisotopic (exact) mass is 206 g/mol. The van der Waals surface area contributed by atoms with E-state index in [2.05, 4.69) is 43.2 Å². The molecule has 2 heteroatoms. The van der Waals surface area contributed by atoms with E-state index in [1.165, 1.54) is 24.8 Å². The molecule has 0 saturated carbocycles. The van der Waals surface area contributed by atoms with Crippen LogP contribution in [0.15, 0.2) is 24.5 Å². The fourth-order valence-electron chi connectivity index (χ4n) is 1.77. The van der Waals surface area contributed by atoms with E-state index < -0.39 is 0 Å². The van der Waals surface area contributed by atoms with Gasteiger partial charge >= 0.3 is 0 Å². The lowest BCUT2D eigenvalue weighted by Crippen LogP contribution is -2.28. The highest BCUT2D eigenvalue weighted by Crippen LogP contribution is 2.12. The minimum atomic E-state index is 0.417. The average molecular weight is 206 g/mol.